The second-order valence-corrected chi connectivity index (χ2v) is 6.47. The van der Waals surface area contributed by atoms with E-state index in [-0.39, 0.29) is 6.04 Å². The van der Waals surface area contributed by atoms with Crippen LogP contribution in [0.3, 0.4) is 0 Å². The van der Waals surface area contributed by atoms with Crippen LogP contribution in [0.5, 0.6) is 11.5 Å². The molecule has 0 saturated heterocycles. The molecule has 2 N–H and O–H groups in total. The fourth-order valence-corrected chi connectivity index (χ4v) is 2.81. The first kappa shape index (κ1) is 18.0. The van der Waals surface area contributed by atoms with Crippen molar-refractivity contribution in [1.82, 2.24) is 0 Å². The largest absolute Gasteiger partial charge is 0.485 e. The van der Waals surface area contributed by atoms with Gasteiger partial charge in [-0.1, -0.05) is 72.8 Å². The molecule has 0 fully saturated rings. The van der Waals surface area contributed by atoms with E-state index < -0.39 is 0 Å². The fourth-order valence-electron chi connectivity index (χ4n) is 2.81. The summed E-state index contributed by atoms with van der Waals surface area (Å²) in [5.41, 5.74) is 9.34. The zero-order valence-electron chi connectivity index (χ0n) is 15.1. The lowest BCUT2D eigenvalue weighted by atomic mass is 10.1. The lowest BCUT2D eigenvalue weighted by Gasteiger charge is -2.18. The molecule has 0 heterocycles. The first-order valence-corrected chi connectivity index (χ1v) is 8.93. The maximum Gasteiger partial charge on any atom is 0.164 e. The van der Waals surface area contributed by atoms with Crippen LogP contribution >= 0.6 is 0 Å². The number of rotatable bonds is 8. The topological polar surface area (TPSA) is 44.5 Å². The molecule has 134 valence electrons. The smallest absolute Gasteiger partial charge is 0.164 e. The molecule has 0 amide bonds. The average Bonchev–Trinajstić information content (AvgIpc) is 2.67. The van der Waals surface area contributed by atoms with Crippen LogP contribution in [0.1, 0.15) is 23.6 Å². The molecule has 3 aromatic carbocycles. The van der Waals surface area contributed by atoms with Gasteiger partial charge in [-0.05, 0) is 36.1 Å². The van der Waals surface area contributed by atoms with E-state index in [1.54, 1.807) is 0 Å². The lowest BCUT2D eigenvalue weighted by molar-refractivity contribution is 0.253. The highest BCUT2D eigenvalue weighted by atomic mass is 16.5. The van der Waals surface area contributed by atoms with Crippen molar-refractivity contribution >= 4 is 0 Å². The molecule has 0 bridgehead atoms. The van der Waals surface area contributed by atoms with E-state index in [0.717, 1.165) is 34.6 Å². The molecule has 0 aromatic heterocycles. The van der Waals surface area contributed by atoms with E-state index in [0.29, 0.717) is 13.2 Å². The van der Waals surface area contributed by atoms with Crippen molar-refractivity contribution in [3.05, 3.63) is 95.6 Å². The molecule has 0 spiro atoms. The monoisotopic (exact) mass is 347 g/mol. The number of para-hydroxylation sites is 1. The van der Waals surface area contributed by atoms with Crippen LogP contribution in [0.15, 0.2) is 78.9 Å². The minimum Gasteiger partial charge on any atom is -0.485 e. The Morgan fingerprint density at radius 2 is 1.31 bits per heavy atom. The zero-order chi connectivity index (χ0) is 18.2. The molecule has 3 nitrogen and oxygen atoms in total. The van der Waals surface area contributed by atoms with E-state index >= 15 is 0 Å². The quantitative estimate of drug-likeness (QED) is 0.640. The van der Waals surface area contributed by atoms with Gasteiger partial charge < -0.3 is 15.2 Å². The summed E-state index contributed by atoms with van der Waals surface area (Å²) >= 11 is 0. The van der Waals surface area contributed by atoms with Crippen molar-refractivity contribution < 1.29 is 9.47 Å². The number of hydrogen-bond donors (Lipinski definition) is 1. The first-order valence-electron chi connectivity index (χ1n) is 8.93. The number of hydrogen-bond acceptors (Lipinski definition) is 3. The third-order valence-electron chi connectivity index (χ3n) is 4.07. The predicted octanol–water partition coefficient (Wildman–Crippen LogP) is 4.73. The third kappa shape index (κ3) is 5.11. The van der Waals surface area contributed by atoms with Crippen molar-refractivity contribution in [2.24, 2.45) is 5.73 Å². The van der Waals surface area contributed by atoms with Crippen LogP contribution in [-0.2, 0) is 19.6 Å². The molecule has 3 rings (SSSR count). The van der Waals surface area contributed by atoms with Crippen molar-refractivity contribution in [3.8, 4) is 11.5 Å². The molecule has 0 aliphatic rings. The van der Waals surface area contributed by atoms with Crippen LogP contribution in [-0.4, -0.2) is 6.04 Å². The molecule has 26 heavy (non-hydrogen) atoms. The highest BCUT2D eigenvalue weighted by molar-refractivity contribution is 5.47. The van der Waals surface area contributed by atoms with Gasteiger partial charge in [0.1, 0.15) is 13.2 Å². The Morgan fingerprint density at radius 3 is 1.88 bits per heavy atom. The summed E-state index contributed by atoms with van der Waals surface area (Å²) in [5, 5.41) is 0. The van der Waals surface area contributed by atoms with Crippen molar-refractivity contribution in [1.29, 1.82) is 0 Å². The normalized spacial score (nSPS) is 11.8. The summed E-state index contributed by atoms with van der Waals surface area (Å²) in [6.45, 7) is 3.00. The van der Waals surface area contributed by atoms with Crippen LogP contribution < -0.4 is 15.2 Å². The molecule has 1 atom stereocenters. The predicted molar refractivity (Wildman–Crippen MR) is 105 cm³/mol. The van der Waals surface area contributed by atoms with Crippen LogP contribution in [0.25, 0.3) is 0 Å². The van der Waals surface area contributed by atoms with Gasteiger partial charge in [0, 0.05) is 6.04 Å². The van der Waals surface area contributed by atoms with Gasteiger partial charge in [-0.25, -0.2) is 0 Å². The average molecular weight is 347 g/mol. The van der Waals surface area contributed by atoms with Crippen molar-refractivity contribution in [3.63, 3.8) is 0 Å². The molecule has 1 unspecified atom stereocenters. The second-order valence-electron chi connectivity index (χ2n) is 6.47. The van der Waals surface area contributed by atoms with Crippen LogP contribution in [0.4, 0.5) is 0 Å². The van der Waals surface area contributed by atoms with Gasteiger partial charge in [0.25, 0.3) is 0 Å². The molecule has 3 heteroatoms. The second kappa shape index (κ2) is 9.07. The fraction of sp³-hybridized carbons (Fsp3) is 0.217. The van der Waals surface area contributed by atoms with Gasteiger partial charge in [0.15, 0.2) is 11.5 Å². The number of benzene rings is 3. The molecular formula is C23H25NO2. The van der Waals surface area contributed by atoms with Gasteiger partial charge in [-0.2, -0.15) is 0 Å². The van der Waals surface area contributed by atoms with E-state index in [1.807, 2.05) is 55.5 Å². The number of ether oxygens (including phenoxy) is 2. The molecular weight excluding hydrogens is 322 g/mol. The minimum atomic E-state index is 0.0541. The van der Waals surface area contributed by atoms with Crippen molar-refractivity contribution in [2.75, 3.05) is 0 Å². The highest BCUT2D eigenvalue weighted by Crippen LogP contribution is 2.33. The highest BCUT2D eigenvalue weighted by Gasteiger charge is 2.13. The van der Waals surface area contributed by atoms with Gasteiger partial charge >= 0.3 is 0 Å². The SMILES string of the molecule is CC(N)Cc1cccc(OCc2ccccc2)c1OCc1ccccc1. The standard InChI is InChI=1S/C23H25NO2/c1-18(24)15-21-13-8-14-22(25-16-19-9-4-2-5-10-19)23(21)26-17-20-11-6-3-7-12-20/h2-14,18H,15-17,24H2,1H3. The molecule has 0 saturated carbocycles. The van der Waals surface area contributed by atoms with E-state index in [1.165, 1.54) is 0 Å². The maximum atomic E-state index is 6.16. The third-order valence-corrected chi connectivity index (χ3v) is 4.07. The van der Waals surface area contributed by atoms with Crippen LogP contribution in [0.2, 0.25) is 0 Å². The van der Waals surface area contributed by atoms with Crippen LogP contribution in [0, 0.1) is 0 Å². The first-order chi connectivity index (χ1) is 12.7. The Morgan fingerprint density at radius 1 is 0.731 bits per heavy atom. The summed E-state index contributed by atoms with van der Waals surface area (Å²) in [4.78, 5) is 0. The Kier molecular flexibility index (Phi) is 6.29. The summed E-state index contributed by atoms with van der Waals surface area (Å²) in [5.74, 6) is 1.53. The van der Waals surface area contributed by atoms with Gasteiger partial charge in [0.05, 0.1) is 0 Å². The Balaban J connectivity index is 1.80. The Labute approximate surface area is 155 Å². The summed E-state index contributed by atoms with van der Waals surface area (Å²) in [6, 6.07) is 26.3. The summed E-state index contributed by atoms with van der Waals surface area (Å²) < 4.78 is 12.2. The van der Waals surface area contributed by atoms with E-state index in [9.17, 15) is 0 Å². The van der Waals surface area contributed by atoms with Gasteiger partial charge in [-0.3, -0.25) is 0 Å². The van der Waals surface area contributed by atoms with Crippen molar-refractivity contribution in [2.45, 2.75) is 32.6 Å². The Hall–Kier alpha value is -2.78. The molecule has 0 aliphatic carbocycles. The zero-order valence-corrected chi connectivity index (χ0v) is 15.1. The minimum absolute atomic E-state index is 0.0541. The van der Waals surface area contributed by atoms with Gasteiger partial charge in [0.2, 0.25) is 0 Å². The van der Waals surface area contributed by atoms with Gasteiger partial charge in [-0.15, -0.1) is 0 Å². The summed E-state index contributed by atoms with van der Waals surface area (Å²) in [7, 11) is 0. The number of nitrogens with two attached hydrogens (primary N) is 1. The molecule has 3 aromatic rings. The lowest BCUT2D eigenvalue weighted by Crippen LogP contribution is -2.18. The van der Waals surface area contributed by atoms with E-state index in [2.05, 4.69) is 30.3 Å². The maximum absolute atomic E-state index is 6.16. The molecule has 0 aliphatic heterocycles. The van der Waals surface area contributed by atoms with E-state index in [4.69, 9.17) is 15.2 Å². The summed E-state index contributed by atoms with van der Waals surface area (Å²) in [6.07, 6.45) is 0.743. The Bertz CT molecular complexity index is 801. The molecule has 0 radical (unpaired) electrons.